The summed E-state index contributed by atoms with van der Waals surface area (Å²) < 4.78 is 0. The first-order valence-electron chi connectivity index (χ1n) is 5.24. The first-order chi connectivity index (χ1) is 6.77. The number of anilines is 1. The van der Waals surface area contributed by atoms with Crippen LogP contribution in [0.1, 0.15) is 31.2 Å². The molecule has 0 heterocycles. The number of halogens is 1. The van der Waals surface area contributed by atoms with Crippen LogP contribution in [0.4, 0.5) is 5.69 Å². The van der Waals surface area contributed by atoms with Crippen LogP contribution in [-0.4, -0.2) is 11.7 Å². The lowest BCUT2D eigenvalue weighted by Crippen LogP contribution is -2.26. The first-order valence-corrected chi connectivity index (χ1v) is 5.24. The summed E-state index contributed by atoms with van der Waals surface area (Å²) in [4.78, 5) is 0. The number of hydrogen-bond acceptors (Lipinski definition) is 2. The highest BCUT2D eigenvalue weighted by molar-refractivity contribution is 5.85. The zero-order chi connectivity index (χ0) is 10.0. The van der Waals surface area contributed by atoms with Crippen LogP contribution in [0.2, 0.25) is 0 Å². The highest BCUT2D eigenvalue weighted by Crippen LogP contribution is 2.40. The Bertz CT molecular complexity index is 304. The molecular formula is C12H18ClNO. The molecule has 3 N–H and O–H groups in total. The van der Waals surface area contributed by atoms with Crippen molar-refractivity contribution in [2.45, 2.75) is 31.1 Å². The van der Waals surface area contributed by atoms with Crippen molar-refractivity contribution in [2.75, 3.05) is 12.3 Å². The molecule has 3 heteroatoms. The Hall–Kier alpha value is -0.730. The lowest BCUT2D eigenvalue weighted by Gasteiger charge is -2.27. The summed E-state index contributed by atoms with van der Waals surface area (Å²) in [6.45, 7) is 0.261. The van der Waals surface area contributed by atoms with Gasteiger partial charge in [0.25, 0.3) is 0 Å². The number of nitrogen functional groups attached to an aromatic ring is 1. The fourth-order valence-corrected chi connectivity index (χ4v) is 2.43. The predicted octanol–water partition coefficient (Wildman–Crippen LogP) is 2.49. The Labute approximate surface area is 96.9 Å². The number of aliphatic hydroxyl groups is 1. The maximum Gasteiger partial charge on any atom is 0.0527 e. The molecule has 1 fully saturated rings. The minimum absolute atomic E-state index is 0. The Morgan fingerprint density at radius 2 is 1.67 bits per heavy atom. The van der Waals surface area contributed by atoms with Crippen molar-refractivity contribution in [1.82, 2.24) is 0 Å². The van der Waals surface area contributed by atoms with Crippen LogP contribution in [0.3, 0.4) is 0 Å². The summed E-state index contributed by atoms with van der Waals surface area (Å²) in [5.41, 5.74) is 7.70. The van der Waals surface area contributed by atoms with Gasteiger partial charge in [0.05, 0.1) is 6.61 Å². The summed E-state index contributed by atoms with van der Waals surface area (Å²) in [5, 5.41) is 9.51. The molecule has 84 valence electrons. The maximum absolute atomic E-state index is 9.51. The molecule has 0 unspecified atom stereocenters. The smallest absolute Gasteiger partial charge is 0.0527 e. The second-order valence-corrected chi connectivity index (χ2v) is 4.27. The van der Waals surface area contributed by atoms with E-state index in [1.54, 1.807) is 0 Å². The van der Waals surface area contributed by atoms with Crippen molar-refractivity contribution in [2.24, 2.45) is 0 Å². The van der Waals surface area contributed by atoms with E-state index >= 15 is 0 Å². The molecule has 0 saturated heterocycles. The van der Waals surface area contributed by atoms with Gasteiger partial charge in [-0.25, -0.2) is 0 Å². The van der Waals surface area contributed by atoms with Crippen molar-refractivity contribution in [3.05, 3.63) is 29.8 Å². The van der Waals surface area contributed by atoms with E-state index in [1.165, 1.54) is 18.4 Å². The number of aliphatic hydroxyl groups excluding tert-OH is 1. The van der Waals surface area contributed by atoms with Crippen molar-refractivity contribution in [1.29, 1.82) is 0 Å². The Morgan fingerprint density at radius 3 is 2.13 bits per heavy atom. The molecule has 0 amide bonds. The van der Waals surface area contributed by atoms with E-state index in [0.29, 0.717) is 0 Å². The quantitative estimate of drug-likeness (QED) is 0.763. The molecular weight excluding hydrogens is 210 g/mol. The molecule has 1 aromatic rings. The number of benzene rings is 1. The molecule has 2 rings (SSSR count). The van der Waals surface area contributed by atoms with E-state index in [2.05, 4.69) is 12.1 Å². The third-order valence-corrected chi connectivity index (χ3v) is 3.39. The van der Waals surface area contributed by atoms with Crippen LogP contribution in [0, 0.1) is 0 Å². The van der Waals surface area contributed by atoms with Gasteiger partial charge in [-0.05, 0) is 30.5 Å². The third-order valence-electron chi connectivity index (χ3n) is 3.39. The molecule has 1 aliphatic rings. The zero-order valence-corrected chi connectivity index (χ0v) is 9.59. The van der Waals surface area contributed by atoms with Crippen molar-refractivity contribution in [3.8, 4) is 0 Å². The molecule has 0 radical (unpaired) electrons. The van der Waals surface area contributed by atoms with Crippen molar-refractivity contribution in [3.63, 3.8) is 0 Å². The fourth-order valence-electron chi connectivity index (χ4n) is 2.43. The Balaban J connectivity index is 0.00000112. The summed E-state index contributed by atoms with van der Waals surface area (Å²) >= 11 is 0. The molecule has 0 atom stereocenters. The molecule has 1 aliphatic carbocycles. The van der Waals surface area contributed by atoms with Crippen LogP contribution >= 0.6 is 12.4 Å². The van der Waals surface area contributed by atoms with E-state index in [4.69, 9.17) is 5.73 Å². The van der Waals surface area contributed by atoms with Gasteiger partial charge in [-0.3, -0.25) is 0 Å². The van der Waals surface area contributed by atoms with Crippen LogP contribution in [0.25, 0.3) is 0 Å². The number of nitrogens with two attached hydrogens (primary N) is 1. The van der Waals surface area contributed by atoms with Crippen molar-refractivity contribution < 1.29 is 5.11 Å². The van der Waals surface area contributed by atoms with Gasteiger partial charge in [-0.2, -0.15) is 0 Å². The fraction of sp³-hybridized carbons (Fsp3) is 0.500. The summed E-state index contributed by atoms with van der Waals surface area (Å²) in [6.07, 6.45) is 4.66. The topological polar surface area (TPSA) is 46.2 Å². The maximum atomic E-state index is 9.51. The lowest BCUT2D eigenvalue weighted by molar-refractivity contribution is 0.196. The Kier molecular flexibility index (Phi) is 4.00. The zero-order valence-electron chi connectivity index (χ0n) is 8.78. The molecule has 1 aromatic carbocycles. The lowest BCUT2D eigenvalue weighted by atomic mass is 9.80. The second kappa shape index (κ2) is 4.86. The monoisotopic (exact) mass is 227 g/mol. The average molecular weight is 228 g/mol. The minimum Gasteiger partial charge on any atom is -0.399 e. The van der Waals surface area contributed by atoms with Gasteiger partial charge < -0.3 is 10.8 Å². The van der Waals surface area contributed by atoms with E-state index in [-0.39, 0.29) is 24.4 Å². The molecule has 0 bridgehead atoms. The van der Waals surface area contributed by atoms with Gasteiger partial charge in [0.1, 0.15) is 0 Å². The van der Waals surface area contributed by atoms with Gasteiger partial charge >= 0.3 is 0 Å². The van der Waals surface area contributed by atoms with Crippen LogP contribution < -0.4 is 5.73 Å². The summed E-state index contributed by atoms with van der Waals surface area (Å²) in [7, 11) is 0. The Morgan fingerprint density at radius 1 is 1.13 bits per heavy atom. The number of hydrogen-bond donors (Lipinski definition) is 2. The van der Waals surface area contributed by atoms with Crippen LogP contribution in [0.5, 0.6) is 0 Å². The molecule has 15 heavy (non-hydrogen) atoms. The SMILES string of the molecule is Cl.Nc1ccc(C2(CO)CCCC2)cc1. The van der Waals surface area contributed by atoms with Gasteiger partial charge in [0.15, 0.2) is 0 Å². The largest absolute Gasteiger partial charge is 0.399 e. The molecule has 0 aliphatic heterocycles. The van der Waals surface area contributed by atoms with E-state index in [1.807, 2.05) is 12.1 Å². The van der Waals surface area contributed by atoms with Crippen LogP contribution in [0.15, 0.2) is 24.3 Å². The van der Waals surface area contributed by atoms with Gasteiger partial charge in [-0.15, -0.1) is 12.4 Å². The highest BCUT2D eigenvalue weighted by atomic mass is 35.5. The van der Waals surface area contributed by atoms with Crippen LogP contribution in [-0.2, 0) is 5.41 Å². The van der Waals surface area contributed by atoms with Crippen molar-refractivity contribution >= 4 is 18.1 Å². The minimum atomic E-state index is 0. The van der Waals surface area contributed by atoms with Gasteiger partial charge in [-0.1, -0.05) is 25.0 Å². The second-order valence-electron chi connectivity index (χ2n) is 4.27. The third kappa shape index (κ3) is 2.27. The molecule has 1 saturated carbocycles. The van der Waals surface area contributed by atoms with E-state index in [9.17, 15) is 5.11 Å². The van der Waals surface area contributed by atoms with E-state index in [0.717, 1.165) is 18.5 Å². The average Bonchev–Trinajstić information content (AvgIpc) is 2.68. The summed E-state index contributed by atoms with van der Waals surface area (Å²) in [5.74, 6) is 0. The molecule has 0 spiro atoms. The highest BCUT2D eigenvalue weighted by Gasteiger charge is 2.34. The standard InChI is InChI=1S/C12H17NO.ClH/c13-11-5-3-10(4-6-11)12(9-14)7-1-2-8-12;/h3-6,14H,1-2,7-9,13H2;1H. The normalized spacial score (nSPS) is 18.5. The number of rotatable bonds is 2. The predicted molar refractivity (Wildman–Crippen MR) is 65.3 cm³/mol. The van der Waals surface area contributed by atoms with Gasteiger partial charge in [0.2, 0.25) is 0 Å². The van der Waals surface area contributed by atoms with Gasteiger partial charge in [0, 0.05) is 11.1 Å². The molecule has 0 aromatic heterocycles. The first kappa shape index (κ1) is 12.3. The molecule has 2 nitrogen and oxygen atoms in total. The summed E-state index contributed by atoms with van der Waals surface area (Å²) in [6, 6.07) is 7.95. The van der Waals surface area contributed by atoms with E-state index < -0.39 is 0 Å².